The summed E-state index contributed by atoms with van der Waals surface area (Å²) in [5.41, 5.74) is 4.15. The van der Waals surface area contributed by atoms with Crippen molar-refractivity contribution >= 4 is 5.91 Å². The molecule has 0 bridgehead atoms. The number of nitriles is 1. The van der Waals surface area contributed by atoms with Gasteiger partial charge in [-0.25, -0.2) is 0 Å². The largest absolute Gasteiger partial charge is 0.366 e. The third kappa shape index (κ3) is 4.09. The maximum atomic E-state index is 13.7. The van der Waals surface area contributed by atoms with Gasteiger partial charge in [0.2, 0.25) is 0 Å². The molecule has 0 fully saturated rings. The number of rotatable bonds is 6. The van der Waals surface area contributed by atoms with E-state index in [4.69, 9.17) is 0 Å². The van der Waals surface area contributed by atoms with Crippen LogP contribution in [-0.4, -0.2) is 23.0 Å². The van der Waals surface area contributed by atoms with Gasteiger partial charge in [0, 0.05) is 24.1 Å². The van der Waals surface area contributed by atoms with Crippen molar-refractivity contribution in [2.45, 2.75) is 17.6 Å². The maximum absolute atomic E-state index is 13.7. The van der Waals surface area contributed by atoms with E-state index in [9.17, 15) is 15.2 Å². The van der Waals surface area contributed by atoms with Gasteiger partial charge in [0.15, 0.2) is 5.72 Å². The van der Waals surface area contributed by atoms with Crippen LogP contribution in [0.3, 0.4) is 0 Å². The minimum Gasteiger partial charge on any atom is -0.366 e. The van der Waals surface area contributed by atoms with Crippen molar-refractivity contribution in [2.24, 2.45) is 0 Å². The third-order valence-electron chi connectivity index (χ3n) is 8.00. The summed E-state index contributed by atoms with van der Waals surface area (Å²) in [5.74, 6) is -1.13. The highest BCUT2D eigenvalue weighted by Crippen LogP contribution is 2.50. The van der Waals surface area contributed by atoms with Gasteiger partial charge in [0.25, 0.3) is 5.91 Å². The summed E-state index contributed by atoms with van der Waals surface area (Å²) < 4.78 is 0. The molecule has 40 heavy (non-hydrogen) atoms. The smallest absolute Gasteiger partial charge is 0.256 e. The van der Waals surface area contributed by atoms with Gasteiger partial charge >= 0.3 is 0 Å². The van der Waals surface area contributed by atoms with Crippen LogP contribution in [0.25, 0.3) is 0 Å². The number of hydrogen-bond donors (Lipinski definition) is 1. The van der Waals surface area contributed by atoms with E-state index in [2.05, 4.69) is 6.07 Å². The lowest BCUT2D eigenvalue weighted by molar-refractivity contribution is -0.0850. The lowest BCUT2D eigenvalue weighted by Crippen LogP contribution is -2.46. The molecule has 1 amide bonds. The van der Waals surface area contributed by atoms with E-state index in [1.165, 1.54) is 4.90 Å². The second-order valence-corrected chi connectivity index (χ2v) is 10.2. The number of carbonyl (C=O) groups excluding carboxylic acids is 1. The van der Waals surface area contributed by atoms with E-state index in [1.807, 2.05) is 127 Å². The first kappa shape index (κ1) is 25.3. The fourth-order valence-corrected chi connectivity index (χ4v) is 6.09. The van der Waals surface area contributed by atoms with Crippen molar-refractivity contribution in [2.75, 3.05) is 7.05 Å². The van der Waals surface area contributed by atoms with Crippen LogP contribution in [0, 0.1) is 11.3 Å². The van der Waals surface area contributed by atoms with Gasteiger partial charge in [-0.15, -0.1) is 0 Å². The number of hydrogen-bond acceptors (Lipinski definition) is 3. The minimum atomic E-state index is -1.68. The SMILES string of the molecule is CN1C(=O)c2cc(C#N)c(C(c3ccccc3)c3ccccc3)cc2C1(O)C(c1ccccc1)c1ccccc1. The summed E-state index contributed by atoms with van der Waals surface area (Å²) in [7, 11) is 1.64. The Morgan fingerprint density at radius 2 is 1.12 bits per heavy atom. The highest BCUT2D eigenvalue weighted by Gasteiger charge is 2.53. The Morgan fingerprint density at radius 1 is 0.700 bits per heavy atom. The van der Waals surface area contributed by atoms with Gasteiger partial charge in [0.1, 0.15) is 0 Å². The standard InChI is InChI=1S/C36H28N2O2/c1-38-35(39)31-22-29(24-37)30(33(25-14-6-2-7-15-25)26-16-8-3-9-17-26)23-32(31)36(38,40)34(27-18-10-4-11-19-27)28-20-12-5-13-21-28/h2-23,33-34,40H,1H3. The first-order valence-electron chi connectivity index (χ1n) is 13.3. The normalized spacial score (nSPS) is 16.3. The number of likely N-dealkylation sites (N-methyl/N-ethyl adjacent to an activating group) is 1. The Balaban J connectivity index is 1.63. The molecule has 1 atom stereocenters. The summed E-state index contributed by atoms with van der Waals surface area (Å²) in [4.78, 5) is 15.1. The van der Waals surface area contributed by atoms with Crippen LogP contribution in [-0.2, 0) is 5.72 Å². The van der Waals surface area contributed by atoms with Crippen molar-refractivity contribution in [3.05, 3.63) is 178 Å². The van der Waals surface area contributed by atoms with Gasteiger partial charge < -0.3 is 10.0 Å². The van der Waals surface area contributed by atoms with Crippen molar-refractivity contribution in [1.29, 1.82) is 5.26 Å². The molecule has 1 unspecified atom stereocenters. The Morgan fingerprint density at radius 3 is 1.55 bits per heavy atom. The number of aliphatic hydroxyl groups is 1. The van der Waals surface area contributed by atoms with Crippen LogP contribution >= 0.6 is 0 Å². The average Bonchev–Trinajstić information content (AvgIpc) is 3.20. The molecule has 0 spiro atoms. The Kier molecular flexibility index (Phi) is 6.51. The quantitative estimate of drug-likeness (QED) is 0.250. The second kappa shape index (κ2) is 10.3. The first-order valence-corrected chi connectivity index (χ1v) is 13.3. The topological polar surface area (TPSA) is 64.3 Å². The molecular formula is C36H28N2O2. The molecule has 5 aromatic rings. The Hall–Kier alpha value is -4.98. The van der Waals surface area contributed by atoms with Crippen LogP contribution in [0.5, 0.6) is 0 Å². The number of benzene rings is 5. The lowest BCUT2D eigenvalue weighted by atomic mass is 9.76. The van der Waals surface area contributed by atoms with Gasteiger partial charge in [-0.3, -0.25) is 4.79 Å². The zero-order chi connectivity index (χ0) is 27.7. The average molecular weight is 521 g/mol. The second-order valence-electron chi connectivity index (χ2n) is 10.2. The van der Waals surface area contributed by atoms with E-state index in [1.54, 1.807) is 13.1 Å². The number of nitrogens with zero attached hydrogens (tertiary/aromatic N) is 2. The highest BCUT2D eigenvalue weighted by molar-refractivity contribution is 6.00. The molecule has 4 heteroatoms. The van der Waals surface area contributed by atoms with E-state index in [0.717, 1.165) is 27.8 Å². The van der Waals surface area contributed by atoms with Gasteiger partial charge in [-0.05, 0) is 39.9 Å². The zero-order valence-electron chi connectivity index (χ0n) is 22.1. The first-order chi connectivity index (χ1) is 19.5. The summed E-state index contributed by atoms with van der Waals surface area (Å²) in [6, 6.07) is 45.5. The monoisotopic (exact) mass is 520 g/mol. The highest BCUT2D eigenvalue weighted by atomic mass is 16.3. The molecule has 0 saturated carbocycles. The van der Waals surface area contributed by atoms with Crippen molar-refractivity contribution in [1.82, 2.24) is 4.90 Å². The molecule has 0 aromatic heterocycles. The van der Waals surface area contributed by atoms with Gasteiger partial charge in [-0.1, -0.05) is 121 Å². The molecule has 0 radical (unpaired) electrons. The van der Waals surface area contributed by atoms with Crippen molar-refractivity contribution in [3.63, 3.8) is 0 Å². The maximum Gasteiger partial charge on any atom is 0.256 e. The van der Waals surface area contributed by atoms with Crippen LogP contribution in [0.15, 0.2) is 133 Å². The van der Waals surface area contributed by atoms with E-state index in [-0.39, 0.29) is 11.8 Å². The summed E-state index contributed by atoms with van der Waals surface area (Å²) >= 11 is 0. The fraction of sp³-hybridized carbons (Fsp3) is 0.111. The Labute approximate surface area is 234 Å². The predicted octanol–water partition coefficient (Wildman–Crippen LogP) is 6.80. The summed E-state index contributed by atoms with van der Waals surface area (Å²) in [6.07, 6.45) is 0. The predicted molar refractivity (Wildman–Crippen MR) is 156 cm³/mol. The summed E-state index contributed by atoms with van der Waals surface area (Å²) in [6.45, 7) is 0. The van der Waals surface area contributed by atoms with Crippen LogP contribution in [0.1, 0.15) is 61.1 Å². The van der Waals surface area contributed by atoms with E-state index in [0.29, 0.717) is 16.7 Å². The molecule has 0 saturated heterocycles. The van der Waals surface area contributed by atoms with Crippen LogP contribution in [0.2, 0.25) is 0 Å². The molecule has 1 N–H and O–H groups in total. The van der Waals surface area contributed by atoms with Crippen molar-refractivity contribution in [3.8, 4) is 6.07 Å². The van der Waals surface area contributed by atoms with Gasteiger partial charge in [0.05, 0.1) is 17.6 Å². The molecule has 5 aromatic carbocycles. The molecule has 1 aliphatic heterocycles. The van der Waals surface area contributed by atoms with Crippen LogP contribution in [0.4, 0.5) is 0 Å². The molecular weight excluding hydrogens is 492 g/mol. The zero-order valence-corrected chi connectivity index (χ0v) is 22.1. The molecule has 1 heterocycles. The van der Waals surface area contributed by atoms with Crippen LogP contribution < -0.4 is 0 Å². The van der Waals surface area contributed by atoms with E-state index >= 15 is 0 Å². The number of carbonyl (C=O) groups is 1. The number of fused-ring (bicyclic) bond motifs is 1. The van der Waals surface area contributed by atoms with E-state index < -0.39 is 11.6 Å². The lowest BCUT2D eigenvalue weighted by Gasteiger charge is -2.39. The fourth-order valence-electron chi connectivity index (χ4n) is 6.09. The van der Waals surface area contributed by atoms with Crippen molar-refractivity contribution < 1.29 is 9.90 Å². The number of amides is 1. The Bertz CT molecular complexity index is 1620. The third-order valence-corrected chi connectivity index (χ3v) is 8.00. The summed E-state index contributed by atoms with van der Waals surface area (Å²) in [5, 5.41) is 23.1. The molecule has 0 aliphatic carbocycles. The van der Waals surface area contributed by atoms with Gasteiger partial charge in [-0.2, -0.15) is 5.26 Å². The molecule has 6 rings (SSSR count). The molecule has 1 aliphatic rings. The minimum absolute atomic E-state index is 0.264. The molecule has 194 valence electrons. The molecule has 4 nitrogen and oxygen atoms in total.